The number of fused-ring (bicyclic) bond motifs is 1. The summed E-state index contributed by atoms with van der Waals surface area (Å²) in [6.45, 7) is 10.6. The quantitative estimate of drug-likeness (QED) is 0.413. The van der Waals surface area contributed by atoms with Gasteiger partial charge in [-0.05, 0) is 24.6 Å². The van der Waals surface area contributed by atoms with E-state index in [0.29, 0.717) is 26.4 Å². The molecular weight excluding hydrogens is 436 g/mol. The molecule has 4 rings (SSSR count). The molecule has 1 aliphatic heterocycles. The van der Waals surface area contributed by atoms with E-state index in [1.165, 1.54) is 4.90 Å². The molecule has 0 saturated carbocycles. The first-order valence-corrected chi connectivity index (χ1v) is 15.1. The summed E-state index contributed by atoms with van der Waals surface area (Å²) in [5, 5.41) is 10.4. The summed E-state index contributed by atoms with van der Waals surface area (Å²) in [4.78, 5) is 28.5. The van der Waals surface area contributed by atoms with Gasteiger partial charge in [0, 0.05) is 65.0 Å². The first-order chi connectivity index (χ1) is 15.8. The van der Waals surface area contributed by atoms with E-state index in [0.717, 1.165) is 53.6 Å². The Kier molecular flexibility index (Phi) is 6.94. The molecule has 1 N–H and O–H groups in total. The lowest BCUT2D eigenvalue weighted by Gasteiger charge is -2.24. The second kappa shape index (κ2) is 9.88. The van der Waals surface area contributed by atoms with Crippen molar-refractivity contribution >= 4 is 30.9 Å². The highest BCUT2D eigenvalue weighted by molar-refractivity contribution is 6.76. The third kappa shape index (κ3) is 5.51. The minimum Gasteiger partial charge on any atom is -0.465 e. The second-order valence-electron chi connectivity index (χ2n) is 9.59. The van der Waals surface area contributed by atoms with Crippen molar-refractivity contribution in [1.29, 1.82) is 0 Å². The number of pyridine rings is 1. The van der Waals surface area contributed by atoms with Crippen molar-refractivity contribution in [1.82, 2.24) is 24.4 Å². The van der Waals surface area contributed by atoms with Gasteiger partial charge >= 0.3 is 6.09 Å². The molecule has 4 heterocycles. The number of carboxylic acid groups (broad SMARTS) is 1. The molecule has 1 amide bonds. The third-order valence-corrected chi connectivity index (χ3v) is 7.63. The molecule has 176 valence electrons. The van der Waals surface area contributed by atoms with Crippen LogP contribution in [0.3, 0.4) is 0 Å². The van der Waals surface area contributed by atoms with Crippen LogP contribution in [-0.4, -0.2) is 76.5 Å². The topological polar surface area (TPSA) is 96.6 Å². The normalized spacial score (nSPS) is 15.1. The lowest BCUT2D eigenvalue weighted by atomic mass is 10.1. The average molecular weight is 469 g/mol. The summed E-state index contributed by atoms with van der Waals surface area (Å²) in [7, 11) is -1.17. The number of anilines is 1. The number of carbonyl (C=O) groups is 1. The zero-order valence-corrected chi connectivity index (χ0v) is 20.6. The van der Waals surface area contributed by atoms with E-state index in [9.17, 15) is 9.90 Å². The van der Waals surface area contributed by atoms with Gasteiger partial charge in [0.05, 0.1) is 16.8 Å². The van der Waals surface area contributed by atoms with Crippen molar-refractivity contribution in [3.8, 4) is 11.3 Å². The summed E-state index contributed by atoms with van der Waals surface area (Å²) in [6, 6.07) is 5.02. The van der Waals surface area contributed by atoms with Crippen LogP contribution < -0.4 is 4.90 Å². The maximum absolute atomic E-state index is 11.5. The lowest BCUT2D eigenvalue weighted by molar-refractivity contribution is 0.0899. The zero-order chi connectivity index (χ0) is 23.4. The second-order valence-corrected chi connectivity index (χ2v) is 15.2. The Labute approximate surface area is 195 Å². The van der Waals surface area contributed by atoms with Crippen LogP contribution >= 0.6 is 0 Å². The summed E-state index contributed by atoms with van der Waals surface area (Å²) in [6.07, 6.45) is 7.08. The Balaban J connectivity index is 1.69. The van der Waals surface area contributed by atoms with E-state index in [1.54, 1.807) is 12.5 Å². The number of hydrogen-bond donors (Lipinski definition) is 1. The van der Waals surface area contributed by atoms with Crippen LogP contribution in [0.25, 0.3) is 22.3 Å². The Morgan fingerprint density at radius 3 is 2.70 bits per heavy atom. The minimum atomic E-state index is -1.17. The first kappa shape index (κ1) is 23.2. The van der Waals surface area contributed by atoms with Gasteiger partial charge in [0.25, 0.3) is 0 Å². The molecule has 3 aromatic rings. The molecule has 0 aliphatic carbocycles. The van der Waals surface area contributed by atoms with E-state index in [4.69, 9.17) is 9.72 Å². The monoisotopic (exact) mass is 468 g/mol. The largest absolute Gasteiger partial charge is 0.465 e. The van der Waals surface area contributed by atoms with Gasteiger partial charge in [-0.2, -0.15) is 0 Å². The molecule has 1 saturated heterocycles. The average Bonchev–Trinajstić information content (AvgIpc) is 2.98. The van der Waals surface area contributed by atoms with Gasteiger partial charge in [0.2, 0.25) is 0 Å². The molecule has 0 unspecified atom stereocenters. The predicted molar refractivity (Wildman–Crippen MR) is 131 cm³/mol. The Hall–Kier alpha value is -2.98. The van der Waals surface area contributed by atoms with Gasteiger partial charge in [-0.3, -0.25) is 0 Å². The molecule has 0 bridgehead atoms. The van der Waals surface area contributed by atoms with Crippen LogP contribution in [0.5, 0.6) is 0 Å². The number of amides is 1. The van der Waals surface area contributed by atoms with Crippen LogP contribution in [0.15, 0.2) is 37.1 Å². The van der Waals surface area contributed by atoms with E-state index >= 15 is 0 Å². The molecule has 0 radical (unpaired) electrons. The standard InChI is InChI=1S/C23H32N6O3Si/c1-33(2,3)14-13-32-17-29-15-18(19-5-7-24-16-26-19)21-20(6-8-25-22(21)29)27-9-4-10-28(12-11-27)23(30)31/h5-8,15-16H,4,9-14,17H2,1-3H3,(H,30,31). The summed E-state index contributed by atoms with van der Waals surface area (Å²) >= 11 is 0. The lowest BCUT2D eigenvalue weighted by Crippen LogP contribution is -2.34. The molecule has 0 aromatic carbocycles. The Bertz CT molecular complexity index is 1100. The summed E-state index contributed by atoms with van der Waals surface area (Å²) in [5.41, 5.74) is 3.69. The van der Waals surface area contributed by atoms with Gasteiger partial charge in [-0.15, -0.1) is 0 Å². The number of ether oxygens (including phenoxy) is 1. The number of nitrogens with zero attached hydrogens (tertiary/aromatic N) is 6. The van der Waals surface area contributed by atoms with Crippen LogP contribution in [0.2, 0.25) is 25.7 Å². The zero-order valence-electron chi connectivity index (χ0n) is 19.6. The third-order valence-electron chi connectivity index (χ3n) is 5.93. The van der Waals surface area contributed by atoms with Crippen molar-refractivity contribution in [3.63, 3.8) is 0 Å². The van der Waals surface area contributed by atoms with Gasteiger partial charge in [-0.25, -0.2) is 19.7 Å². The molecule has 9 nitrogen and oxygen atoms in total. The van der Waals surface area contributed by atoms with E-state index < -0.39 is 14.2 Å². The Morgan fingerprint density at radius 1 is 1.12 bits per heavy atom. The van der Waals surface area contributed by atoms with Crippen molar-refractivity contribution in [3.05, 3.63) is 37.1 Å². The fourth-order valence-corrected chi connectivity index (χ4v) is 4.85. The van der Waals surface area contributed by atoms with Crippen LogP contribution in [-0.2, 0) is 11.5 Å². The predicted octanol–water partition coefficient (Wildman–Crippen LogP) is 4.00. The molecule has 1 aliphatic rings. The van der Waals surface area contributed by atoms with Crippen LogP contribution in [0.1, 0.15) is 6.42 Å². The Morgan fingerprint density at radius 2 is 1.97 bits per heavy atom. The molecule has 33 heavy (non-hydrogen) atoms. The molecule has 10 heteroatoms. The summed E-state index contributed by atoms with van der Waals surface area (Å²) in [5.74, 6) is 0. The summed E-state index contributed by atoms with van der Waals surface area (Å²) < 4.78 is 8.08. The molecule has 1 fully saturated rings. The van der Waals surface area contributed by atoms with Crippen molar-refractivity contribution in [2.45, 2.75) is 38.8 Å². The SMILES string of the molecule is C[Si](C)(C)CCOCn1cc(-c2ccncn2)c2c(N3CCCN(C(=O)O)CC3)ccnc21. The highest BCUT2D eigenvalue weighted by Gasteiger charge is 2.23. The fraction of sp³-hybridized carbons (Fsp3) is 0.478. The highest BCUT2D eigenvalue weighted by Crippen LogP contribution is 2.36. The molecule has 0 atom stereocenters. The molecule has 3 aromatic heterocycles. The number of hydrogen-bond acceptors (Lipinski definition) is 6. The smallest absolute Gasteiger partial charge is 0.407 e. The maximum atomic E-state index is 11.5. The van der Waals surface area contributed by atoms with Gasteiger partial charge in [-0.1, -0.05) is 19.6 Å². The number of aromatic nitrogens is 4. The molecular formula is C23H32N6O3Si. The van der Waals surface area contributed by atoms with Crippen LogP contribution in [0.4, 0.5) is 10.5 Å². The number of rotatable bonds is 7. The van der Waals surface area contributed by atoms with E-state index in [-0.39, 0.29) is 0 Å². The van der Waals surface area contributed by atoms with E-state index in [1.807, 2.05) is 22.9 Å². The van der Waals surface area contributed by atoms with E-state index in [2.05, 4.69) is 40.7 Å². The van der Waals surface area contributed by atoms with Crippen LogP contribution in [0, 0.1) is 0 Å². The van der Waals surface area contributed by atoms with Gasteiger partial charge < -0.3 is 24.2 Å². The fourth-order valence-electron chi connectivity index (χ4n) is 4.10. The maximum Gasteiger partial charge on any atom is 0.407 e. The minimum absolute atomic E-state index is 0.426. The highest BCUT2D eigenvalue weighted by atomic mass is 28.3. The van der Waals surface area contributed by atoms with Crippen molar-refractivity contribution < 1.29 is 14.6 Å². The molecule has 0 spiro atoms. The van der Waals surface area contributed by atoms with Gasteiger partial charge in [0.1, 0.15) is 18.7 Å². The van der Waals surface area contributed by atoms with Crippen molar-refractivity contribution in [2.75, 3.05) is 37.7 Å². The van der Waals surface area contributed by atoms with Gasteiger partial charge in [0.15, 0.2) is 0 Å². The van der Waals surface area contributed by atoms with Crippen molar-refractivity contribution in [2.24, 2.45) is 0 Å². The first-order valence-electron chi connectivity index (χ1n) is 11.4.